The highest BCUT2D eigenvalue weighted by Gasteiger charge is 2.42. The predicted octanol–water partition coefficient (Wildman–Crippen LogP) is 16.5. The zero-order valence-corrected chi connectivity index (χ0v) is 68.1. The van der Waals surface area contributed by atoms with Gasteiger partial charge in [-0.05, 0) is 261 Å². The van der Waals surface area contributed by atoms with E-state index in [1.165, 1.54) is 180 Å². The number of rotatable bonds is 15. The molecule has 15 heterocycles. The molecular weight excluding hydrogens is 1390 g/mol. The van der Waals surface area contributed by atoms with Crippen LogP contribution in [-0.2, 0) is 57.4 Å². The van der Waals surface area contributed by atoms with E-state index in [4.69, 9.17) is 5.73 Å². The van der Waals surface area contributed by atoms with Crippen molar-refractivity contribution in [1.82, 2.24) is 77.5 Å². The van der Waals surface area contributed by atoms with Crippen LogP contribution in [0.5, 0.6) is 0 Å². The van der Waals surface area contributed by atoms with Crippen LogP contribution < -0.4 is 5.73 Å². The van der Waals surface area contributed by atoms with Gasteiger partial charge in [0.15, 0.2) is 0 Å². The SMILES string of the molecule is Cc1ccc2c(c1)c1c(n2CC(C)(c2cnccn2)N(C)C)CCN2CCCC12.Cc1ccc2c(c1)c1c(n2CC(N)c2ccncc2)CCN2CCCC12.Cc1ccc2c(c1)c1c(n2CC(c2ccc(F)cc2)N(C)C)CCN2CCCC12.Cc1ccc2c(c1)c1c(n2CC(c2cnccn2)N(C)C)CCN2CCCC12. The van der Waals surface area contributed by atoms with Crippen molar-refractivity contribution >= 4 is 43.6 Å². The van der Waals surface area contributed by atoms with Gasteiger partial charge in [-0.25, -0.2) is 4.39 Å². The lowest BCUT2D eigenvalue weighted by atomic mass is 9.94. The van der Waals surface area contributed by atoms with Crippen LogP contribution in [0, 0.1) is 33.5 Å². The number of likely N-dealkylation sites (N-methyl/N-ethyl adjacent to an activating group) is 3. The Morgan fingerprint density at radius 1 is 0.420 bits per heavy atom. The highest BCUT2D eigenvalue weighted by atomic mass is 19.1. The Kier molecular flexibility index (Phi) is 21.6. The minimum atomic E-state index is -0.230. The third-order valence-electron chi connectivity index (χ3n) is 27.0. The van der Waals surface area contributed by atoms with Gasteiger partial charge in [-0.3, -0.25) is 54.3 Å². The summed E-state index contributed by atoms with van der Waals surface area (Å²) in [5.41, 5.74) is 34.0. The standard InChI is InChI=1S/C25H30FN3.C24H31N5.C23H29N5.C22H26N4/c1-17-6-11-21-20(15-17)25-22-5-4-13-28(22)14-12-23(25)29(21)16-24(27(2)3)18-7-9-19(26)10-8-18;1-17-7-8-19-18(14-17)23-20-6-5-12-28(20)13-9-21(23)29(19)16-24(2,27(3)4)22-15-25-10-11-26-22;1-16-6-7-19-17(13-16)23-20-5-4-11-27(20)12-8-21(23)28(19)15-22(26(2)3)18-14-24-9-10-25-18;1-15-4-5-19-17(13-15)22-20-3-2-11-25(20)12-8-21(22)26(19)14-18(23)16-6-9-24-10-7-16/h6-11,15,22,24H,4-5,12-14,16H2,1-3H3;7-8,10-11,14-15,20H,5-6,9,12-13,16H2,1-4H3;6-7,9-10,13-14,20,22H,4-5,8,11-12,15H2,1-3H3;4-7,9-10,13,18,20H,2-3,8,11-12,14,23H2,1H3. The van der Waals surface area contributed by atoms with E-state index in [1.807, 2.05) is 49.1 Å². The fourth-order valence-electron chi connectivity index (χ4n) is 21.1. The van der Waals surface area contributed by atoms with Crippen molar-refractivity contribution in [3.63, 3.8) is 0 Å². The summed E-state index contributed by atoms with van der Waals surface area (Å²) < 4.78 is 23.7. The molecule has 584 valence electrons. The Bertz CT molecular complexity index is 5330. The number of hydrogen-bond acceptors (Lipinski definition) is 13. The third kappa shape index (κ3) is 14.3. The van der Waals surface area contributed by atoms with E-state index in [2.05, 4.69) is 227 Å². The lowest BCUT2D eigenvalue weighted by Gasteiger charge is -2.38. The van der Waals surface area contributed by atoms with Crippen LogP contribution in [0.1, 0.15) is 190 Å². The van der Waals surface area contributed by atoms with Gasteiger partial charge in [0.05, 0.1) is 41.4 Å². The Hall–Kier alpha value is -8.82. The number of benzene rings is 5. The van der Waals surface area contributed by atoms with Gasteiger partial charge in [-0.15, -0.1) is 0 Å². The zero-order chi connectivity index (χ0) is 77.2. The summed E-state index contributed by atoms with van der Waals surface area (Å²) in [6.07, 6.45) is 29.5. The topological polar surface area (TPSA) is 133 Å². The Balaban J connectivity index is 0.000000108. The van der Waals surface area contributed by atoms with E-state index in [9.17, 15) is 4.39 Å². The summed E-state index contributed by atoms with van der Waals surface area (Å²) in [5, 5.41) is 5.80. The van der Waals surface area contributed by atoms with Crippen LogP contribution in [0.15, 0.2) is 159 Å². The molecule has 8 aliphatic rings. The van der Waals surface area contributed by atoms with E-state index in [0.717, 1.165) is 80.9 Å². The average molecular weight is 1500 g/mol. The molecule has 0 amide bonds. The monoisotopic (exact) mass is 1500 g/mol. The summed E-state index contributed by atoms with van der Waals surface area (Å²) in [7, 11) is 12.8. The van der Waals surface area contributed by atoms with E-state index >= 15 is 0 Å². The molecular formula is C94H116FN17. The first-order chi connectivity index (χ1) is 54.4. The molecule has 2 N–H and O–H groups in total. The van der Waals surface area contributed by atoms with Crippen LogP contribution in [0.25, 0.3) is 43.6 Å². The minimum absolute atomic E-state index is 0.0133. The van der Waals surface area contributed by atoms with E-state index in [0.29, 0.717) is 24.2 Å². The number of hydrogen-bond donors (Lipinski definition) is 1. The molecule has 0 bridgehead atoms. The largest absolute Gasteiger partial charge is 0.342 e. The molecule has 20 rings (SSSR count). The predicted molar refractivity (Wildman–Crippen MR) is 451 cm³/mol. The summed E-state index contributed by atoms with van der Waals surface area (Å²) >= 11 is 0. The molecule has 8 aliphatic heterocycles. The first kappa shape index (κ1) is 75.8. The molecule has 0 radical (unpaired) electrons. The van der Waals surface area contributed by atoms with Gasteiger partial charge in [0.1, 0.15) is 5.82 Å². The molecule has 5 aromatic carbocycles. The molecule has 112 heavy (non-hydrogen) atoms. The molecule has 0 aliphatic carbocycles. The van der Waals surface area contributed by atoms with Crippen molar-refractivity contribution in [2.24, 2.45) is 5.73 Å². The second-order valence-corrected chi connectivity index (χ2v) is 34.5. The normalized spacial score (nSPS) is 20.8. The molecule has 4 fully saturated rings. The average Bonchev–Trinajstić information content (AvgIpc) is 1.50. The summed E-state index contributed by atoms with van der Waals surface area (Å²) in [6, 6.07) is 41.6. The third-order valence-corrected chi connectivity index (χ3v) is 27.0. The molecule has 8 unspecified atom stereocenters. The van der Waals surface area contributed by atoms with Gasteiger partial charge in [0.25, 0.3) is 0 Å². The number of nitrogens with two attached hydrogens (primary N) is 1. The smallest absolute Gasteiger partial charge is 0.123 e. The van der Waals surface area contributed by atoms with Crippen LogP contribution in [0.4, 0.5) is 4.39 Å². The minimum Gasteiger partial charge on any atom is -0.342 e. The Morgan fingerprint density at radius 2 is 0.804 bits per heavy atom. The van der Waals surface area contributed by atoms with Crippen LogP contribution in [-0.4, -0.2) is 172 Å². The number of pyridine rings is 1. The summed E-state index contributed by atoms with van der Waals surface area (Å²) in [4.78, 5) is 39.7. The van der Waals surface area contributed by atoms with Crippen molar-refractivity contribution < 1.29 is 4.39 Å². The Morgan fingerprint density at radius 3 is 1.19 bits per heavy atom. The summed E-state index contributed by atoms with van der Waals surface area (Å²) in [5.74, 6) is -0.174. The zero-order valence-electron chi connectivity index (χ0n) is 68.1. The highest BCUT2D eigenvalue weighted by molar-refractivity contribution is 5.90. The van der Waals surface area contributed by atoms with Crippen LogP contribution in [0.3, 0.4) is 0 Å². The van der Waals surface area contributed by atoms with Crippen molar-refractivity contribution in [3.05, 3.63) is 254 Å². The molecule has 17 nitrogen and oxygen atoms in total. The van der Waals surface area contributed by atoms with Gasteiger partial charge in [0, 0.05) is 212 Å². The van der Waals surface area contributed by atoms with Gasteiger partial charge < -0.3 is 28.9 Å². The molecule has 0 spiro atoms. The maximum absolute atomic E-state index is 13.5. The van der Waals surface area contributed by atoms with Crippen LogP contribution >= 0.6 is 0 Å². The second-order valence-electron chi connectivity index (χ2n) is 34.5. The van der Waals surface area contributed by atoms with E-state index in [1.54, 1.807) is 64.9 Å². The highest BCUT2D eigenvalue weighted by Crippen LogP contribution is 2.49. The van der Waals surface area contributed by atoms with Crippen molar-refractivity contribution in [1.29, 1.82) is 0 Å². The van der Waals surface area contributed by atoms with Gasteiger partial charge in [-0.2, -0.15) is 0 Å². The maximum atomic E-state index is 13.5. The lowest BCUT2D eigenvalue weighted by molar-refractivity contribution is 0.141. The number of halogens is 1. The summed E-state index contributed by atoms with van der Waals surface area (Å²) in [6.45, 7) is 24.3. The van der Waals surface area contributed by atoms with Gasteiger partial charge in [0.2, 0.25) is 0 Å². The fraction of sp³-hybridized carbons (Fsp3) is 0.457. The Labute approximate surface area is 662 Å². The van der Waals surface area contributed by atoms with Crippen molar-refractivity contribution in [2.45, 2.75) is 186 Å². The lowest BCUT2D eigenvalue weighted by Crippen LogP contribution is -2.43. The molecule has 18 heteroatoms. The molecule has 4 saturated heterocycles. The van der Waals surface area contributed by atoms with E-state index < -0.39 is 0 Å². The van der Waals surface area contributed by atoms with Crippen molar-refractivity contribution in [3.8, 4) is 0 Å². The molecule has 12 aromatic rings. The number of aromatic nitrogens is 9. The van der Waals surface area contributed by atoms with Crippen LogP contribution in [0.2, 0.25) is 0 Å². The molecule has 0 saturated carbocycles. The number of fused-ring (bicyclic) bond motifs is 20. The van der Waals surface area contributed by atoms with Gasteiger partial charge >= 0.3 is 0 Å². The molecule has 7 aromatic heterocycles. The maximum Gasteiger partial charge on any atom is 0.123 e. The quantitative estimate of drug-likeness (QED) is 0.104. The molecule has 8 atom stereocenters. The van der Waals surface area contributed by atoms with Crippen molar-refractivity contribution in [2.75, 3.05) is 94.6 Å². The first-order valence-electron chi connectivity index (χ1n) is 41.7. The van der Waals surface area contributed by atoms with E-state index in [-0.39, 0.29) is 29.5 Å². The fourth-order valence-corrected chi connectivity index (χ4v) is 21.1. The second kappa shape index (κ2) is 31.9. The first-order valence-corrected chi connectivity index (χ1v) is 41.7. The number of nitrogens with zero attached hydrogens (tertiary/aromatic N) is 16. The van der Waals surface area contributed by atoms with Gasteiger partial charge in [-0.1, -0.05) is 58.7 Å². The number of aryl methyl sites for hydroxylation is 4.